The lowest BCUT2D eigenvalue weighted by Gasteiger charge is -2.45. The highest BCUT2D eigenvalue weighted by Crippen LogP contribution is 2.48. The zero-order chi connectivity index (χ0) is 26.1. The van der Waals surface area contributed by atoms with Crippen molar-refractivity contribution in [1.82, 2.24) is 10.6 Å². The van der Waals surface area contributed by atoms with Gasteiger partial charge in [0.1, 0.15) is 12.4 Å². The first-order chi connectivity index (χ1) is 17.9. The Morgan fingerprint density at radius 1 is 0.784 bits per heavy atom. The lowest BCUT2D eigenvalue weighted by molar-refractivity contribution is -0.136. The summed E-state index contributed by atoms with van der Waals surface area (Å²) >= 11 is 12.4. The van der Waals surface area contributed by atoms with Gasteiger partial charge < -0.3 is 20.1 Å². The summed E-state index contributed by atoms with van der Waals surface area (Å²) in [6, 6.07) is 7.20. The van der Waals surface area contributed by atoms with Gasteiger partial charge in [0.25, 0.3) is 5.91 Å². The Labute approximate surface area is 231 Å². The van der Waals surface area contributed by atoms with Crippen LogP contribution < -0.4 is 15.4 Å². The van der Waals surface area contributed by atoms with Crippen LogP contribution in [0, 0.1) is 5.41 Å². The normalized spacial score (nSPS) is 30.6. The van der Waals surface area contributed by atoms with Gasteiger partial charge in [0, 0.05) is 22.5 Å². The summed E-state index contributed by atoms with van der Waals surface area (Å²) in [5.41, 5.74) is 0.194. The molecule has 2 N–H and O–H groups in total. The molecule has 0 saturated heterocycles. The van der Waals surface area contributed by atoms with Crippen LogP contribution in [0.3, 0.4) is 0 Å². The van der Waals surface area contributed by atoms with Crippen LogP contribution in [0.5, 0.6) is 5.75 Å². The van der Waals surface area contributed by atoms with Crippen LogP contribution in [-0.2, 0) is 14.3 Å². The molecule has 1 aromatic rings. The van der Waals surface area contributed by atoms with E-state index in [0.29, 0.717) is 10.8 Å². The van der Waals surface area contributed by atoms with Crippen molar-refractivity contribution in [2.24, 2.45) is 5.41 Å². The van der Waals surface area contributed by atoms with Gasteiger partial charge in [0.15, 0.2) is 6.61 Å². The summed E-state index contributed by atoms with van der Waals surface area (Å²) in [4.78, 5) is 25.0. The number of nitrogens with one attached hydrogen (secondary N) is 2. The van der Waals surface area contributed by atoms with Gasteiger partial charge in [-0.1, -0.05) is 37.3 Å². The van der Waals surface area contributed by atoms with E-state index in [1.165, 1.54) is 38.5 Å². The van der Waals surface area contributed by atoms with Gasteiger partial charge >= 0.3 is 0 Å². The molecular formula is C29H42Cl2N2O4. The van der Waals surface area contributed by atoms with E-state index in [4.69, 9.17) is 32.7 Å². The molecule has 3 atom stereocenters. The smallest absolute Gasteiger partial charge is 0.258 e. The molecule has 0 heterocycles. The minimum Gasteiger partial charge on any atom is -0.484 e. The van der Waals surface area contributed by atoms with Gasteiger partial charge in [-0.25, -0.2) is 0 Å². The molecule has 8 heteroatoms. The molecule has 1 aromatic carbocycles. The SMILES string of the molecule is O=C(COc1ccc(Cl)cc1)NC1CCC(NC(=O)COC2CCCCC23CCCCC(Cl)CC3)CC1. The van der Waals surface area contributed by atoms with Gasteiger partial charge in [0.2, 0.25) is 5.91 Å². The number of carbonyl (C=O) groups excluding carboxylic acids is 2. The molecule has 4 rings (SSSR count). The van der Waals surface area contributed by atoms with Crippen LogP contribution >= 0.6 is 23.2 Å². The summed E-state index contributed by atoms with van der Waals surface area (Å²) in [6.07, 6.45) is 15.1. The van der Waals surface area contributed by atoms with Crippen molar-refractivity contribution in [2.75, 3.05) is 13.2 Å². The summed E-state index contributed by atoms with van der Waals surface area (Å²) < 4.78 is 11.8. The topological polar surface area (TPSA) is 76.7 Å². The van der Waals surface area contributed by atoms with Crippen LogP contribution in [0.2, 0.25) is 5.02 Å². The fourth-order valence-corrected chi connectivity index (χ4v) is 6.83. The fraction of sp³-hybridized carbons (Fsp3) is 0.724. The van der Waals surface area contributed by atoms with Crippen molar-refractivity contribution in [3.63, 3.8) is 0 Å². The minimum absolute atomic E-state index is 0.0226. The van der Waals surface area contributed by atoms with Gasteiger partial charge in [-0.15, -0.1) is 11.6 Å². The minimum atomic E-state index is -0.132. The molecule has 2 amide bonds. The Morgan fingerprint density at radius 3 is 2.03 bits per heavy atom. The Balaban J connectivity index is 1.15. The van der Waals surface area contributed by atoms with Crippen molar-refractivity contribution in [1.29, 1.82) is 0 Å². The van der Waals surface area contributed by atoms with E-state index in [2.05, 4.69) is 10.6 Å². The third-order valence-corrected chi connectivity index (χ3v) is 9.22. The van der Waals surface area contributed by atoms with Crippen LogP contribution in [0.15, 0.2) is 24.3 Å². The predicted molar refractivity (Wildman–Crippen MR) is 147 cm³/mol. The molecule has 3 aliphatic rings. The summed E-state index contributed by atoms with van der Waals surface area (Å²) in [5, 5.41) is 7.13. The lowest BCUT2D eigenvalue weighted by Crippen LogP contribution is -2.47. The third kappa shape index (κ3) is 8.76. The maximum absolute atomic E-state index is 12.7. The van der Waals surface area contributed by atoms with Crippen LogP contribution in [0.4, 0.5) is 0 Å². The van der Waals surface area contributed by atoms with Crippen molar-refractivity contribution < 1.29 is 19.1 Å². The zero-order valence-corrected chi connectivity index (χ0v) is 23.3. The highest BCUT2D eigenvalue weighted by Gasteiger charge is 2.42. The Kier molecular flexibility index (Phi) is 10.8. The van der Waals surface area contributed by atoms with E-state index in [-0.39, 0.29) is 54.0 Å². The number of ether oxygens (including phenoxy) is 2. The average molecular weight is 554 g/mol. The van der Waals surface area contributed by atoms with Crippen LogP contribution in [0.1, 0.15) is 89.9 Å². The van der Waals surface area contributed by atoms with Crippen molar-refractivity contribution in [3.05, 3.63) is 29.3 Å². The fourth-order valence-electron chi connectivity index (χ4n) is 6.44. The Bertz CT molecular complexity index is 875. The molecule has 0 bridgehead atoms. The monoisotopic (exact) mass is 552 g/mol. The lowest BCUT2D eigenvalue weighted by atomic mass is 9.65. The Morgan fingerprint density at radius 2 is 1.38 bits per heavy atom. The first-order valence-corrected chi connectivity index (χ1v) is 15.0. The summed E-state index contributed by atoms with van der Waals surface area (Å²) in [5.74, 6) is 0.461. The molecule has 3 unspecified atom stereocenters. The second kappa shape index (κ2) is 14.0. The van der Waals surface area contributed by atoms with Gasteiger partial charge in [-0.05, 0) is 93.9 Å². The number of amides is 2. The first kappa shape index (κ1) is 28.5. The molecule has 6 nitrogen and oxygen atoms in total. The quantitative estimate of drug-likeness (QED) is 0.378. The van der Waals surface area contributed by atoms with E-state index in [1.807, 2.05) is 0 Å². The number of carbonyl (C=O) groups is 2. The molecule has 3 fully saturated rings. The maximum atomic E-state index is 12.7. The predicted octanol–water partition coefficient (Wildman–Crippen LogP) is 6.17. The van der Waals surface area contributed by atoms with E-state index in [1.54, 1.807) is 24.3 Å². The first-order valence-electron chi connectivity index (χ1n) is 14.1. The van der Waals surface area contributed by atoms with Crippen molar-refractivity contribution in [3.8, 4) is 5.75 Å². The number of rotatable bonds is 8. The average Bonchev–Trinajstić information content (AvgIpc) is 2.89. The van der Waals surface area contributed by atoms with Gasteiger partial charge in [-0.2, -0.15) is 0 Å². The highest BCUT2D eigenvalue weighted by molar-refractivity contribution is 6.30. The highest BCUT2D eigenvalue weighted by atomic mass is 35.5. The summed E-state index contributed by atoms with van der Waals surface area (Å²) in [7, 11) is 0. The molecular weight excluding hydrogens is 511 g/mol. The number of hydrogen-bond donors (Lipinski definition) is 2. The molecule has 1 spiro atoms. The van der Waals surface area contributed by atoms with Gasteiger partial charge in [-0.3, -0.25) is 9.59 Å². The van der Waals surface area contributed by atoms with Crippen molar-refractivity contribution >= 4 is 35.0 Å². The van der Waals surface area contributed by atoms with Crippen molar-refractivity contribution in [2.45, 2.75) is 113 Å². The summed E-state index contributed by atoms with van der Waals surface area (Å²) in [6.45, 7) is 0.110. The molecule has 3 saturated carbocycles. The van der Waals surface area contributed by atoms with E-state index < -0.39 is 0 Å². The number of alkyl halides is 1. The van der Waals surface area contributed by atoms with Crippen LogP contribution in [0.25, 0.3) is 0 Å². The number of benzene rings is 1. The van der Waals surface area contributed by atoms with Gasteiger partial charge in [0.05, 0.1) is 6.10 Å². The second-order valence-corrected chi connectivity index (χ2v) is 12.3. The maximum Gasteiger partial charge on any atom is 0.258 e. The number of halogens is 2. The van der Waals surface area contributed by atoms with E-state index in [9.17, 15) is 9.59 Å². The number of hydrogen-bond acceptors (Lipinski definition) is 4. The standard InChI is InChI=1S/C29H42Cl2N2O4/c30-21-5-1-3-16-29(18-15-21)17-4-2-6-26(29)37-20-28(35)33-24-11-9-23(10-12-24)32-27(34)19-36-25-13-7-22(31)8-14-25/h7-8,13-14,21,23-24,26H,1-6,9-12,15-20H2,(H,32,34)(H,33,35). The molecule has 3 aliphatic carbocycles. The molecule has 0 radical (unpaired) electrons. The zero-order valence-electron chi connectivity index (χ0n) is 21.8. The van der Waals surface area contributed by atoms with E-state index >= 15 is 0 Å². The van der Waals surface area contributed by atoms with Crippen LogP contribution in [-0.4, -0.2) is 48.6 Å². The molecule has 37 heavy (non-hydrogen) atoms. The van der Waals surface area contributed by atoms with E-state index in [0.717, 1.165) is 51.4 Å². The largest absolute Gasteiger partial charge is 0.484 e. The molecule has 206 valence electrons. The Hall–Kier alpha value is -1.50. The molecule has 0 aliphatic heterocycles. The second-order valence-electron chi connectivity index (χ2n) is 11.2. The third-order valence-electron chi connectivity index (χ3n) is 8.53. The molecule has 0 aromatic heterocycles.